The zero-order chi connectivity index (χ0) is 27.0. The van der Waals surface area contributed by atoms with E-state index >= 15 is 0 Å². The van der Waals surface area contributed by atoms with Gasteiger partial charge in [0.15, 0.2) is 11.5 Å². The fourth-order valence-electron chi connectivity index (χ4n) is 4.67. The Morgan fingerprint density at radius 3 is 2.45 bits per heavy atom. The van der Waals surface area contributed by atoms with Gasteiger partial charge in [0.25, 0.3) is 0 Å². The first kappa shape index (κ1) is 25.4. The normalized spacial score (nSPS) is 13.6. The van der Waals surface area contributed by atoms with Crippen molar-refractivity contribution in [2.24, 2.45) is 0 Å². The predicted molar refractivity (Wildman–Crippen MR) is 149 cm³/mol. The number of fused-ring (bicyclic) bond motifs is 3. The number of benzene rings is 2. The second-order valence-corrected chi connectivity index (χ2v) is 10.1. The van der Waals surface area contributed by atoms with Crippen LogP contribution in [-0.2, 0) is 13.0 Å². The van der Waals surface area contributed by atoms with Crippen LogP contribution in [0, 0.1) is 0 Å². The van der Waals surface area contributed by atoms with Crippen molar-refractivity contribution in [2.45, 2.75) is 46.3 Å². The number of hydrogen-bond acceptors (Lipinski definition) is 7. The molecule has 0 saturated carbocycles. The lowest BCUT2D eigenvalue weighted by Gasteiger charge is -2.29. The van der Waals surface area contributed by atoms with E-state index in [1.165, 1.54) is 0 Å². The summed E-state index contributed by atoms with van der Waals surface area (Å²) in [7, 11) is 3.14. The Bertz CT molecular complexity index is 1640. The van der Waals surface area contributed by atoms with E-state index < -0.39 is 5.60 Å². The maximum Gasteiger partial charge on any atom is 0.204 e. The van der Waals surface area contributed by atoms with Crippen molar-refractivity contribution in [3.63, 3.8) is 0 Å². The quantitative estimate of drug-likeness (QED) is 0.203. The van der Waals surface area contributed by atoms with Gasteiger partial charge in [-0.15, -0.1) is 0 Å². The third-order valence-electron chi connectivity index (χ3n) is 6.52. The summed E-state index contributed by atoms with van der Waals surface area (Å²) in [4.78, 5) is 18.4. The molecular weight excluding hydrogens is 482 g/mol. The van der Waals surface area contributed by atoms with Crippen LogP contribution in [0.4, 0.5) is 0 Å². The van der Waals surface area contributed by atoms with E-state index in [1.54, 1.807) is 38.7 Å². The third kappa shape index (κ3) is 4.60. The monoisotopic (exact) mass is 513 g/mol. The van der Waals surface area contributed by atoms with Crippen LogP contribution in [0.1, 0.15) is 44.4 Å². The molecule has 196 valence electrons. The molecule has 1 aliphatic rings. The first-order valence-electron chi connectivity index (χ1n) is 12.5. The molecule has 0 saturated heterocycles. The smallest absolute Gasteiger partial charge is 0.204 e. The van der Waals surface area contributed by atoms with Gasteiger partial charge in [-0.05, 0) is 64.0 Å². The maximum absolute atomic E-state index is 14.3. The zero-order valence-corrected chi connectivity index (χ0v) is 22.5. The molecule has 0 N–H and O–H groups in total. The van der Waals surface area contributed by atoms with E-state index in [0.717, 1.165) is 11.1 Å². The first-order valence-corrected chi connectivity index (χ1v) is 12.5. The lowest BCUT2D eigenvalue weighted by molar-refractivity contribution is 0.158. The molecule has 1 aliphatic heterocycles. The fourth-order valence-corrected chi connectivity index (χ4v) is 4.67. The van der Waals surface area contributed by atoms with Gasteiger partial charge in [-0.2, -0.15) is 0 Å². The Morgan fingerprint density at radius 2 is 1.76 bits per heavy atom. The summed E-state index contributed by atoms with van der Waals surface area (Å²) in [5, 5.41) is 0.784. The van der Waals surface area contributed by atoms with E-state index in [4.69, 9.17) is 23.4 Å². The summed E-state index contributed by atoms with van der Waals surface area (Å²) in [5.41, 5.74) is 3.49. The second-order valence-electron chi connectivity index (χ2n) is 10.1. The standard InChI is InChI=1S/C31H31NO6/c1-18(2)7-8-21-26-23(16-25(34-5)29(21)35-6)37-24-15-22-20(9-12-31(3,4)38-22)30(27(24)28(26)33)36-17-19-10-13-32-14-11-19/h7,9-16H,8,17H2,1-6H3. The van der Waals surface area contributed by atoms with Crippen LogP contribution in [-0.4, -0.2) is 24.8 Å². The molecule has 2 aromatic heterocycles. The fraction of sp³-hybridized carbons (Fsp3) is 0.290. The highest BCUT2D eigenvalue weighted by atomic mass is 16.5. The molecule has 0 radical (unpaired) electrons. The Morgan fingerprint density at radius 1 is 1.03 bits per heavy atom. The van der Waals surface area contributed by atoms with Crippen LogP contribution in [0.15, 0.2) is 63.6 Å². The number of allylic oxidation sites excluding steroid dienone is 2. The van der Waals surface area contributed by atoms with Gasteiger partial charge in [0.2, 0.25) is 5.43 Å². The summed E-state index contributed by atoms with van der Waals surface area (Å²) in [6.45, 7) is 8.21. The van der Waals surface area contributed by atoms with Crippen molar-refractivity contribution in [3.8, 4) is 23.0 Å². The molecule has 0 spiro atoms. The largest absolute Gasteiger partial charge is 0.493 e. The molecule has 0 atom stereocenters. The topological polar surface area (TPSA) is 80.0 Å². The lowest BCUT2D eigenvalue weighted by Crippen LogP contribution is -2.27. The van der Waals surface area contributed by atoms with Crippen molar-refractivity contribution >= 4 is 28.0 Å². The molecule has 0 bridgehead atoms. The van der Waals surface area contributed by atoms with E-state index in [9.17, 15) is 4.79 Å². The molecule has 7 nitrogen and oxygen atoms in total. The van der Waals surface area contributed by atoms with Gasteiger partial charge in [-0.3, -0.25) is 9.78 Å². The number of rotatable bonds is 7. The number of pyridine rings is 1. The molecule has 5 rings (SSSR count). The first-order chi connectivity index (χ1) is 18.2. The van der Waals surface area contributed by atoms with E-state index in [2.05, 4.69) is 4.98 Å². The van der Waals surface area contributed by atoms with E-state index in [1.807, 2.05) is 58.1 Å². The average Bonchev–Trinajstić information content (AvgIpc) is 2.89. The highest BCUT2D eigenvalue weighted by Crippen LogP contribution is 2.44. The number of methoxy groups -OCH3 is 2. The Kier molecular flexibility index (Phi) is 6.61. The van der Waals surface area contributed by atoms with Gasteiger partial charge in [0.05, 0.1) is 25.2 Å². The summed E-state index contributed by atoms with van der Waals surface area (Å²) in [6, 6.07) is 7.21. The zero-order valence-electron chi connectivity index (χ0n) is 22.5. The molecule has 0 unspecified atom stereocenters. The van der Waals surface area contributed by atoms with Gasteiger partial charge in [0.1, 0.15) is 40.3 Å². The Labute approximate surface area is 221 Å². The number of hydrogen-bond donors (Lipinski definition) is 0. The minimum absolute atomic E-state index is 0.204. The van der Waals surface area contributed by atoms with Crippen molar-refractivity contribution in [3.05, 3.63) is 81.3 Å². The van der Waals surface area contributed by atoms with Crippen LogP contribution in [0.25, 0.3) is 28.0 Å². The second kappa shape index (κ2) is 9.89. The average molecular weight is 514 g/mol. The van der Waals surface area contributed by atoms with Crippen molar-refractivity contribution in [2.75, 3.05) is 14.2 Å². The number of aromatic nitrogens is 1. The summed E-state index contributed by atoms with van der Waals surface area (Å²) in [6.07, 6.45) is 9.84. The van der Waals surface area contributed by atoms with Crippen LogP contribution in [0.2, 0.25) is 0 Å². The molecule has 0 fully saturated rings. The Hall–Kier alpha value is -4.26. The minimum atomic E-state index is -0.520. The molecule has 38 heavy (non-hydrogen) atoms. The van der Waals surface area contributed by atoms with Gasteiger partial charge < -0.3 is 23.4 Å². The van der Waals surface area contributed by atoms with Gasteiger partial charge in [-0.1, -0.05) is 11.6 Å². The molecule has 2 aromatic carbocycles. The maximum atomic E-state index is 14.3. The van der Waals surface area contributed by atoms with Crippen LogP contribution in [0.5, 0.6) is 23.0 Å². The van der Waals surface area contributed by atoms with E-state index in [0.29, 0.717) is 62.5 Å². The Balaban J connectivity index is 1.84. The molecule has 0 aliphatic carbocycles. The van der Waals surface area contributed by atoms with Crippen LogP contribution >= 0.6 is 0 Å². The molecule has 0 amide bonds. The molecule has 7 heteroatoms. The third-order valence-corrected chi connectivity index (χ3v) is 6.52. The van der Waals surface area contributed by atoms with Crippen LogP contribution < -0.4 is 24.4 Å². The van der Waals surface area contributed by atoms with Crippen molar-refractivity contribution in [1.29, 1.82) is 0 Å². The highest BCUT2D eigenvalue weighted by molar-refractivity contribution is 5.99. The number of ether oxygens (including phenoxy) is 4. The van der Waals surface area contributed by atoms with Gasteiger partial charge in [0, 0.05) is 30.1 Å². The summed E-state index contributed by atoms with van der Waals surface area (Å²) < 4.78 is 30.3. The summed E-state index contributed by atoms with van der Waals surface area (Å²) >= 11 is 0. The van der Waals surface area contributed by atoms with Crippen molar-refractivity contribution < 1.29 is 23.4 Å². The molecule has 4 aromatic rings. The lowest BCUT2D eigenvalue weighted by atomic mass is 9.97. The molecule has 3 heterocycles. The number of nitrogens with zero attached hydrogens (tertiary/aromatic N) is 1. The molecular formula is C31H31NO6. The van der Waals surface area contributed by atoms with E-state index in [-0.39, 0.29) is 12.0 Å². The minimum Gasteiger partial charge on any atom is -0.493 e. The predicted octanol–water partition coefficient (Wildman–Crippen LogP) is 6.63. The summed E-state index contributed by atoms with van der Waals surface area (Å²) in [5.74, 6) is 2.00. The SMILES string of the molecule is COc1cc2oc3cc4c(c(OCc5ccncc5)c3c(=O)c2c(CC=C(C)C)c1OC)C=CC(C)(C)O4. The highest BCUT2D eigenvalue weighted by Gasteiger charge is 2.29. The van der Waals surface area contributed by atoms with Gasteiger partial charge >= 0.3 is 0 Å². The van der Waals surface area contributed by atoms with Crippen molar-refractivity contribution in [1.82, 2.24) is 4.98 Å². The van der Waals surface area contributed by atoms with Crippen LogP contribution in [0.3, 0.4) is 0 Å². The van der Waals surface area contributed by atoms with Gasteiger partial charge in [-0.25, -0.2) is 0 Å².